The lowest BCUT2D eigenvalue weighted by Crippen LogP contribution is -2.33. The van der Waals surface area contributed by atoms with Crippen molar-refractivity contribution < 1.29 is 22.4 Å². The number of amides is 1. The normalized spacial score (nSPS) is 18.5. The fourth-order valence-corrected chi connectivity index (χ4v) is 4.22. The summed E-state index contributed by atoms with van der Waals surface area (Å²) in [4.78, 5) is 14.2. The molecule has 0 aromatic heterocycles. The molecule has 1 unspecified atom stereocenters. The zero-order chi connectivity index (χ0) is 18.7. The molecule has 26 heavy (non-hydrogen) atoms. The fraction of sp³-hybridized carbons (Fsp3) is 0.316. The number of benzene rings is 2. The minimum atomic E-state index is -4.49. The Kier molecular flexibility index (Phi) is 5.55. The highest BCUT2D eigenvalue weighted by Crippen LogP contribution is 2.36. The molecule has 1 aliphatic rings. The Morgan fingerprint density at radius 3 is 2.58 bits per heavy atom. The Balaban J connectivity index is 1.73. The van der Waals surface area contributed by atoms with Gasteiger partial charge < -0.3 is 4.90 Å². The Hall–Kier alpha value is -2.02. The summed E-state index contributed by atoms with van der Waals surface area (Å²) in [6, 6.07) is 11.0. The summed E-state index contributed by atoms with van der Waals surface area (Å²) in [6.07, 6.45) is -3.93. The fourth-order valence-electron chi connectivity index (χ4n) is 2.97. The molecular formula is C19H17F4NOS. The first-order valence-corrected chi connectivity index (χ1v) is 9.23. The summed E-state index contributed by atoms with van der Waals surface area (Å²) in [5, 5.41) is -0.0736. The third kappa shape index (κ3) is 4.20. The Bertz CT molecular complexity index is 793. The molecule has 2 aromatic rings. The summed E-state index contributed by atoms with van der Waals surface area (Å²) >= 11 is 1.56. The molecule has 1 aliphatic heterocycles. The van der Waals surface area contributed by atoms with Crippen LogP contribution in [0.2, 0.25) is 0 Å². The van der Waals surface area contributed by atoms with E-state index < -0.39 is 17.6 Å². The summed E-state index contributed by atoms with van der Waals surface area (Å²) in [5.41, 5.74) is -0.211. The number of carbonyl (C=O) groups excluding carboxylic acids is 1. The molecule has 0 spiro atoms. The van der Waals surface area contributed by atoms with Gasteiger partial charge in [-0.3, -0.25) is 4.79 Å². The first-order valence-electron chi connectivity index (χ1n) is 8.19. The molecule has 1 fully saturated rings. The summed E-state index contributed by atoms with van der Waals surface area (Å²) < 4.78 is 52.5. The highest BCUT2D eigenvalue weighted by molar-refractivity contribution is 7.99. The second-order valence-corrected chi connectivity index (χ2v) is 7.35. The van der Waals surface area contributed by atoms with Crippen LogP contribution >= 0.6 is 11.8 Å². The van der Waals surface area contributed by atoms with Gasteiger partial charge in [-0.2, -0.15) is 24.9 Å². The van der Waals surface area contributed by atoms with Crippen molar-refractivity contribution >= 4 is 17.7 Å². The first-order chi connectivity index (χ1) is 12.4. The highest BCUT2D eigenvalue weighted by atomic mass is 32.2. The van der Waals surface area contributed by atoms with Crippen molar-refractivity contribution in [2.75, 3.05) is 18.8 Å². The van der Waals surface area contributed by atoms with Crippen LogP contribution in [0.1, 0.15) is 33.2 Å². The van der Waals surface area contributed by atoms with Gasteiger partial charge in [-0.25, -0.2) is 4.39 Å². The monoisotopic (exact) mass is 383 g/mol. The van der Waals surface area contributed by atoms with Gasteiger partial charge in [0.1, 0.15) is 5.82 Å². The average molecular weight is 383 g/mol. The highest BCUT2D eigenvalue weighted by Gasteiger charge is 2.31. The van der Waals surface area contributed by atoms with E-state index >= 15 is 0 Å². The maximum atomic E-state index is 14.0. The first kappa shape index (κ1) is 18.8. The number of thioether (sulfide) groups is 1. The van der Waals surface area contributed by atoms with Crippen molar-refractivity contribution in [1.29, 1.82) is 0 Å². The molecule has 0 bridgehead atoms. The third-order valence-electron chi connectivity index (χ3n) is 4.32. The number of alkyl halides is 3. The molecule has 0 aliphatic carbocycles. The molecule has 0 N–H and O–H groups in total. The van der Waals surface area contributed by atoms with E-state index in [1.54, 1.807) is 34.9 Å². The van der Waals surface area contributed by atoms with Gasteiger partial charge in [-0.15, -0.1) is 0 Å². The van der Waals surface area contributed by atoms with Crippen LogP contribution in [0, 0.1) is 5.82 Å². The summed E-state index contributed by atoms with van der Waals surface area (Å²) in [5.74, 6) is -0.0995. The van der Waals surface area contributed by atoms with Gasteiger partial charge in [-0.05, 0) is 30.7 Å². The zero-order valence-corrected chi connectivity index (χ0v) is 14.6. The number of halogens is 4. The van der Waals surface area contributed by atoms with Crippen molar-refractivity contribution in [3.05, 3.63) is 71.0 Å². The van der Waals surface area contributed by atoms with Crippen molar-refractivity contribution in [3.8, 4) is 0 Å². The summed E-state index contributed by atoms with van der Waals surface area (Å²) in [6.45, 7) is 0.797. The second kappa shape index (κ2) is 7.70. The Labute approximate surface area is 153 Å². The van der Waals surface area contributed by atoms with E-state index in [-0.39, 0.29) is 16.6 Å². The quantitative estimate of drug-likeness (QED) is 0.668. The minimum Gasteiger partial charge on any atom is -0.338 e. The van der Waals surface area contributed by atoms with Crippen LogP contribution in [-0.2, 0) is 6.18 Å². The van der Waals surface area contributed by atoms with E-state index in [1.807, 2.05) is 0 Å². The van der Waals surface area contributed by atoms with E-state index in [1.165, 1.54) is 18.2 Å². The lowest BCUT2D eigenvalue weighted by atomic mass is 10.1. The largest absolute Gasteiger partial charge is 0.416 e. The number of nitrogens with zero attached hydrogens (tertiary/aromatic N) is 1. The molecule has 3 rings (SSSR count). The standard InChI is InChI=1S/C19H17F4NOS/c20-16-7-2-1-6-15(16)17-8-9-24(10-11-26-17)18(25)13-4-3-5-14(12-13)19(21,22)23/h1-7,12,17H,8-11H2. The van der Waals surface area contributed by atoms with Crippen molar-refractivity contribution in [2.45, 2.75) is 17.8 Å². The van der Waals surface area contributed by atoms with E-state index in [0.29, 0.717) is 30.8 Å². The molecule has 7 heteroatoms. The number of rotatable bonds is 2. The number of hydrogen-bond donors (Lipinski definition) is 0. The van der Waals surface area contributed by atoms with E-state index in [9.17, 15) is 22.4 Å². The average Bonchev–Trinajstić information content (AvgIpc) is 2.87. The van der Waals surface area contributed by atoms with Crippen LogP contribution in [0.5, 0.6) is 0 Å². The Morgan fingerprint density at radius 1 is 1.08 bits per heavy atom. The van der Waals surface area contributed by atoms with Crippen LogP contribution in [0.3, 0.4) is 0 Å². The molecule has 0 radical (unpaired) electrons. The van der Waals surface area contributed by atoms with E-state index in [2.05, 4.69) is 0 Å². The predicted molar refractivity (Wildman–Crippen MR) is 93.6 cm³/mol. The SMILES string of the molecule is O=C(c1cccc(C(F)(F)F)c1)N1CCSC(c2ccccc2F)CC1. The van der Waals surface area contributed by atoms with Crippen LogP contribution in [0.4, 0.5) is 17.6 Å². The molecule has 138 valence electrons. The molecule has 2 nitrogen and oxygen atoms in total. The lowest BCUT2D eigenvalue weighted by molar-refractivity contribution is -0.137. The van der Waals surface area contributed by atoms with Crippen molar-refractivity contribution in [1.82, 2.24) is 4.90 Å². The van der Waals surface area contributed by atoms with Gasteiger partial charge in [0.2, 0.25) is 0 Å². The smallest absolute Gasteiger partial charge is 0.338 e. The third-order valence-corrected chi connectivity index (χ3v) is 5.63. The molecule has 1 saturated heterocycles. The maximum Gasteiger partial charge on any atom is 0.416 e. The van der Waals surface area contributed by atoms with Crippen molar-refractivity contribution in [2.24, 2.45) is 0 Å². The lowest BCUT2D eigenvalue weighted by Gasteiger charge is -2.21. The van der Waals surface area contributed by atoms with Gasteiger partial charge in [0.15, 0.2) is 0 Å². The van der Waals surface area contributed by atoms with E-state index in [4.69, 9.17) is 0 Å². The molecular weight excluding hydrogens is 366 g/mol. The number of hydrogen-bond acceptors (Lipinski definition) is 2. The molecule has 1 atom stereocenters. The number of carbonyl (C=O) groups is 1. The summed E-state index contributed by atoms with van der Waals surface area (Å²) in [7, 11) is 0. The zero-order valence-electron chi connectivity index (χ0n) is 13.8. The molecule has 1 amide bonds. The van der Waals surface area contributed by atoms with Gasteiger partial charge in [-0.1, -0.05) is 24.3 Å². The van der Waals surface area contributed by atoms with Crippen LogP contribution in [-0.4, -0.2) is 29.6 Å². The van der Waals surface area contributed by atoms with Crippen LogP contribution in [0.25, 0.3) is 0 Å². The van der Waals surface area contributed by atoms with Gasteiger partial charge in [0.05, 0.1) is 5.56 Å². The molecule has 0 saturated carbocycles. The topological polar surface area (TPSA) is 20.3 Å². The second-order valence-electron chi connectivity index (χ2n) is 6.04. The van der Waals surface area contributed by atoms with Crippen molar-refractivity contribution in [3.63, 3.8) is 0 Å². The van der Waals surface area contributed by atoms with Gasteiger partial charge in [0.25, 0.3) is 5.91 Å². The van der Waals surface area contributed by atoms with Crippen LogP contribution < -0.4 is 0 Å². The Morgan fingerprint density at radius 2 is 1.85 bits per heavy atom. The minimum absolute atomic E-state index is 0.0224. The predicted octanol–water partition coefficient (Wildman–Crippen LogP) is 5.16. The molecule has 1 heterocycles. The van der Waals surface area contributed by atoms with Crippen LogP contribution in [0.15, 0.2) is 48.5 Å². The van der Waals surface area contributed by atoms with Gasteiger partial charge in [0, 0.05) is 35.2 Å². The molecule has 2 aromatic carbocycles. The van der Waals surface area contributed by atoms with Gasteiger partial charge >= 0.3 is 6.18 Å². The van der Waals surface area contributed by atoms with E-state index in [0.717, 1.165) is 12.1 Å². The maximum absolute atomic E-state index is 14.0.